The lowest BCUT2D eigenvalue weighted by Gasteiger charge is -2.15. The predicted molar refractivity (Wildman–Crippen MR) is 72.3 cm³/mol. The van der Waals surface area contributed by atoms with E-state index >= 15 is 0 Å². The van der Waals surface area contributed by atoms with Crippen LogP contribution in [-0.2, 0) is 4.74 Å². The van der Waals surface area contributed by atoms with Gasteiger partial charge in [0, 0.05) is 18.5 Å². The number of urea groups is 1. The van der Waals surface area contributed by atoms with Gasteiger partial charge in [0.1, 0.15) is 5.00 Å². The molecule has 0 bridgehead atoms. The first kappa shape index (κ1) is 14.5. The lowest BCUT2D eigenvalue weighted by molar-refractivity contribution is 0.0528. The predicted octanol–water partition coefficient (Wildman–Crippen LogP) is 2.72. The molecule has 0 spiro atoms. The smallest absolute Gasteiger partial charge is 0.341 e. The zero-order valence-electron chi connectivity index (χ0n) is 11.1. The van der Waals surface area contributed by atoms with Crippen LogP contribution in [0.1, 0.15) is 29.1 Å². The Bertz CT molecular complexity index is 443. The van der Waals surface area contributed by atoms with Crippen LogP contribution in [0.4, 0.5) is 9.80 Å². The first-order chi connectivity index (χ1) is 8.49. The SMILES string of the molecule is CCOC(=O)c1cc(C)sc1NC(=O)N(C)CC. The third-order valence-corrected chi connectivity index (χ3v) is 3.36. The standard InChI is InChI=1S/C12H18N2O3S/c1-5-14(4)12(16)13-10-9(7-8(3)18-10)11(15)17-6-2/h7H,5-6H2,1-4H3,(H,13,16). The van der Waals surface area contributed by atoms with Gasteiger partial charge in [-0.05, 0) is 26.8 Å². The molecule has 0 fully saturated rings. The first-order valence-corrected chi connectivity index (χ1v) is 6.60. The molecule has 0 atom stereocenters. The summed E-state index contributed by atoms with van der Waals surface area (Å²) in [5.74, 6) is -0.406. The van der Waals surface area contributed by atoms with Crippen LogP contribution in [0.2, 0.25) is 0 Å². The summed E-state index contributed by atoms with van der Waals surface area (Å²) in [5, 5.41) is 3.26. The van der Waals surface area contributed by atoms with Gasteiger partial charge in [-0.3, -0.25) is 5.32 Å². The van der Waals surface area contributed by atoms with Crippen molar-refractivity contribution in [1.82, 2.24) is 4.90 Å². The van der Waals surface area contributed by atoms with Gasteiger partial charge in [0.05, 0.1) is 12.2 Å². The third kappa shape index (κ3) is 3.46. The fourth-order valence-electron chi connectivity index (χ4n) is 1.30. The summed E-state index contributed by atoms with van der Waals surface area (Å²) >= 11 is 1.37. The number of rotatable bonds is 4. The Kier molecular flexibility index (Phi) is 5.15. The molecule has 0 aliphatic rings. The molecule has 1 aromatic heterocycles. The van der Waals surface area contributed by atoms with E-state index in [2.05, 4.69) is 5.32 Å². The molecule has 2 amide bonds. The Morgan fingerprint density at radius 1 is 1.44 bits per heavy atom. The van der Waals surface area contributed by atoms with E-state index in [-0.39, 0.29) is 6.03 Å². The highest BCUT2D eigenvalue weighted by Gasteiger charge is 2.18. The molecule has 18 heavy (non-hydrogen) atoms. The average molecular weight is 270 g/mol. The van der Waals surface area contributed by atoms with E-state index in [1.54, 1.807) is 20.0 Å². The maximum Gasteiger partial charge on any atom is 0.341 e. The number of amides is 2. The summed E-state index contributed by atoms with van der Waals surface area (Å²) in [6, 6.07) is 1.49. The van der Waals surface area contributed by atoms with Gasteiger partial charge in [-0.15, -0.1) is 11.3 Å². The summed E-state index contributed by atoms with van der Waals surface area (Å²) in [4.78, 5) is 26.0. The zero-order chi connectivity index (χ0) is 13.7. The van der Waals surface area contributed by atoms with Crippen molar-refractivity contribution in [3.63, 3.8) is 0 Å². The molecule has 0 saturated heterocycles. The molecule has 5 nitrogen and oxygen atoms in total. The fraction of sp³-hybridized carbons (Fsp3) is 0.500. The van der Waals surface area contributed by atoms with Crippen LogP contribution in [-0.4, -0.2) is 37.1 Å². The summed E-state index contributed by atoms with van der Waals surface area (Å²) in [6.07, 6.45) is 0. The van der Waals surface area contributed by atoms with Crippen LogP contribution in [0.5, 0.6) is 0 Å². The molecule has 1 rings (SSSR count). The minimum Gasteiger partial charge on any atom is -0.462 e. The molecular weight excluding hydrogens is 252 g/mol. The highest BCUT2D eigenvalue weighted by Crippen LogP contribution is 2.28. The van der Waals surface area contributed by atoms with Crippen molar-refractivity contribution in [2.45, 2.75) is 20.8 Å². The van der Waals surface area contributed by atoms with Gasteiger partial charge in [0.15, 0.2) is 0 Å². The van der Waals surface area contributed by atoms with E-state index in [4.69, 9.17) is 4.74 Å². The van der Waals surface area contributed by atoms with Gasteiger partial charge in [-0.2, -0.15) is 0 Å². The number of nitrogens with zero attached hydrogens (tertiary/aromatic N) is 1. The molecule has 1 heterocycles. The Labute approximate surface area is 111 Å². The van der Waals surface area contributed by atoms with Crippen molar-refractivity contribution in [1.29, 1.82) is 0 Å². The maximum absolute atomic E-state index is 11.8. The Hall–Kier alpha value is -1.56. The number of thiophene rings is 1. The summed E-state index contributed by atoms with van der Waals surface area (Å²) in [7, 11) is 1.69. The van der Waals surface area contributed by atoms with E-state index in [1.165, 1.54) is 16.2 Å². The second kappa shape index (κ2) is 6.39. The van der Waals surface area contributed by atoms with Crippen molar-refractivity contribution in [3.05, 3.63) is 16.5 Å². The van der Waals surface area contributed by atoms with Crippen LogP contribution in [0, 0.1) is 6.92 Å². The maximum atomic E-state index is 11.8. The summed E-state index contributed by atoms with van der Waals surface area (Å²) in [5.41, 5.74) is 0.414. The van der Waals surface area contributed by atoms with Gasteiger partial charge >= 0.3 is 12.0 Å². The van der Waals surface area contributed by atoms with Crippen LogP contribution < -0.4 is 5.32 Å². The minimum atomic E-state index is -0.406. The van der Waals surface area contributed by atoms with Crippen molar-refractivity contribution in [3.8, 4) is 0 Å². The summed E-state index contributed by atoms with van der Waals surface area (Å²) in [6.45, 7) is 6.43. The topological polar surface area (TPSA) is 58.6 Å². The Balaban J connectivity index is 2.88. The van der Waals surface area contributed by atoms with Crippen molar-refractivity contribution in [2.75, 3.05) is 25.5 Å². The highest BCUT2D eigenvalue weighted by atomic mass is 32.1. The minimum absolute atomic E-state index is 0.232. The molecule has 0 aromatic carbocycles. The molecular formula is C12H18N2O3S. The second-order valence-corrected chi connectivity index (χ2v) is 5.02. The van der Waals surface area contributed by atoms with Gasteiger partial charge in [-0.25, -0.2) is 9.59 Å². The van der Waals surface area contributed by atoms with Crippen LogP contribution in [0.15, 0.2) is 6.07 Å². The molecule has 0 aliphatic carbocycles. The van der Waals surface area contributed by atoms with Gasteiger partial charge in [-0.1, -0.05) is 0 Å². The number of carbonyl (C=O) groups is 2. The van der Waals surface area contributed by atoms with Crippen LogP contribution >= 0.6 is 11.3 Å². The Morgan fingerprint density at radius 3 is 2.67 bits per heavy atom. The van der Waals surface area contributed by atoms with E-state index in [1.807, 2.05) is 13.8 Å². The molecule has 0 radical (unpaired) electrons. The molecule has 1 N–H and O–H groups in total. The normalized spacial score (nSPS) is 10.0. The molecule has 0 saturated carbocycles. The second-order valence-electron chi connectivity index (χ2n) is 3.76. The molecule has 0 aliphatic heterocycles. The molecule has 1 aromatic rings. The molecule has 0 unspecified atom stereocenters. The van der Waals surface area contributed by atoms with Crippen molar-refractivity contribution in [2.24, 2.45) is 0 Å². The Morgan fingerprint density at radius 2 is 2.11 bits per heavy atom. The number of esters is 1. The third-order valence-electron chi connectivity index (χ3n) is 2.39. The van der Waals surface area contributed by atoms with Gasteiger partial charge in [0.2, 0.25) is 0 Å². The van der Waals surface area contributed by atoms with E-state index in [0.29, 0.717) is 23.7 Å². The highest BCUT2D eigenvalue weighted by molar-refractivity contribution is 7.16. The average Bonchev–Trinajstić information content (AvgIpc) is 2.69. The van der Waals surface area contributed by atoms with Crippen molar-refractivity contribution < 1.29 is 14.3 Å². The van der Waals surface area contributed by atoms with E-state index in [9.17, 15) is 9.59 Å². The van der Waals surface area contributed by atoms with E-state index in [0.717, 1.165) is 4.88 Å². The molecule has 6 heteroatoms. The zero-order valence-corrected chi connectivity index (χ0v) is 11.9. The van der Waals surface area contributed by atoms with Crippen LogP contribution in [0.3, 0.4) is 0 Å². The number of hydrogen-bond acceptors (Lipinski definition) is 4. The van der Waals surface area contributed by atoms with Gasteiger partial charge in [0.25, 0.3) is 0 Å². The largest absolute Gasteiger partial charge is 0.462 e. The lowest BCUT2D eigenvalue weighted by Crippen LogP contribution is -2.31. The fourth-order valence-corrected chi connectivity index (χ4v) is 2.19. The van der Waals surface area contributed by atoms with E-state index < -0.39 is 5.97 Å². The summed E-state index contributed by atoms with van der Waals surface area (Å²) < 4.78 is 4.95. The molecule has 100 valence electrons. The number of aryl methyl sites for hydroxylation is 1. The quantitative estimate of drug-likeness (QED) is 0.856. The number of nitrogens with one attached hydrogen (secondary N) is 1. The number of carbonyl (C=O) groups excluding carboxylic acids is 2. The monoisotopic (exact) mass is 270 g/mol. The van der Waals surface area contributed by atoms with Crippen molar-refractivity contribution >= 4 is 28.3 Å². The lowest BCUT2D eigenvalue weighted by atomic mass is 10.3. The number of anilines is 1. The van der Waals surface area contributed by atoms with Crippen LogP contribution in [0.25, 0.3) is 0 Å². The first-order valence-electron chi connectivity index (χ1n) is 5.79. The van der Waals surface area contributed by atoms with Gasteiger partial charge < -0.3 is 9.64 Å². The number of ether oxygens (including phenoxy) is 1. The number of hydrogen-bond donors (Lipinski definition) is 1.